The molecule has 0 spiro atoms. The van der Waals surface area contributed by atoms with E-state index in [0.29, 0.717) is 19.6 Å². The molecule has 3 unspecified atom stereocenters. The number of ether oxygens (including phenoxy) is 2. The second-order valence-corrected chi connectivity index (χ2v) is 5.02. The maximum absolute atomic E-state index is 9.55. The van der Waals surface area contributed by atoms with Gasteiger partial charge in [-0.1, -0.05) is 34.1 Å². The van der Waals surface area contributed by atoms with Crippen molar-refractivity contribution in [2.24, 2.45) is 0 Å². The van der Waals surface area contributed by atoms with Crippen molar-refractivity contribution in [1.29, 1.82) is 0 Å². The minimum absolute atomic E-state index is 0.0112. The van der Waals surface area contributed by atoms with Crippen LogP contribution in [0.25, 0.3) is 0 Å². The van der Waals surface area contributed by atoms with Crippen molar-refractivity contribution in [2.75, 3.05) is 6.61 Å². The fourth-order valence-corrected chi connectivity index (χ4v) is 2.34. The predicted octanol–water partition coefficient (Wildman–Crippen LogP) is 2.50. The second kappa shape index (κ2) is 5.96. The number of halogens is 1. The molecular weight excluding hydrogens is 284 g/mol. The van der Waals surface area contributed by atoms with Crippen LogP contribution in [0.15, 0.2) is 28.7 Å². The van der Waals surface area contributed by atoms with Gasteiger partial charge in [-0.25, -0.2) is 0 Å². The molecule has 1 aromatic rings. The van der Waals surface area contributed by atoms with E-state index in [9.17, 15) is 5.11 Å². The Morgan fingerprint density at radius 3 is 2.76 bits per heavy atom. The Labute approximate surface area is 110 Å². The van der Waals surface area contributed by atoms with Gasteiger partial charge in [0.15, 0.2) is 0 Å². The molecule has 0 aliphatic heterocycles. The molecule has 0 radical (unpaired) electrons. The Morgan fingerprint density at radius 1 is 1.35 bits per heavy atom. The number of hydrogen-bond donors (Lipinski definition) is 1. The van der Waals surface area contributed by atoms with Gasteiger partial charge in [-0.15, -0.1) is 0 Å². The van der Waals surface area contributed by atoms with E-state index in [2.05, 4.69) is 15.9 Å². The summed E-state index contributed by atoms with van der Waals surface area (Å²) in [7, 11) is 0. The molecule has 0 bridgehead atoms. The van der Waals surface area contributed by atoms with Crippen molar-refractivity contribution < 1.29 is 14.6 Å². The summed E-state index contributed by atoms with van der Waals surface area (Å²) in [5.74, 6) is 0. The molecule has 0 heterocycles. The van der Waals surface area contributed by atoms with E-state index in [1.165, 1.54) is 0 Å². The normalized spacial score (nSPS) is 27.8. The topological polar surface area (TPSA) is 38.7 Å². The van der Waals surface area contributed by atoms with Gasteiger partial charge in [0.05, 0.1) is 18.8 Å². The highest BCUT2D eigenvalue weighted by Gasteiger charge is 2.41. The van der Waals surface area contributed by atoms with Crippen molar-refractivity contribution in [1.82, 2.24) is 0 Å². The largest absolute Gasteiger partial charge is 0.390 e. The number of aliphatic hydroxyl groups is 1. The lowest BCUT2D eigenvalue weighted by molar-refractivity contribution is -0.194. The summed E-state index contributed by atoms with van der Waals surface area (Å²) in [6.07, 6.45) is 0.133. The van der Waals surface area contributed by atoms with Crippen molar-refractivity contribution in [3.63, 3.8) is 0 Å². The average Bonchev–Trinajstić information content (AvgIpc) is 2.33. The molecule has 1 fully saturated rings. The predicted molar refractivity (Wildman–Crippen MR) is 68.8 cm³/mol. The van der Waals surface area contributed by atoms with Crippen molar-refractivity contribution in [3.05, 3.63) is 34.3 Å². The van der Waals surface area contributed by atoms with Crippen LogP contribution in [0.5, 0.6) is 0 Å². The molecule has 2 rings (SSSR count). The maximum Gasteiger partial charge on any atom is 0.110 e. The highest BCUT2D eigenvalue weighted by Crippen LogP contribution is 2.28. The van der Waals surface area contributed by atoms with E-state index in [-0.39, 0.29) is 18.3 Å². The Morgan fingerprint density at radius 2 is 2.12 bits per heavy atom. The molecule has 1 N–H and O–H groups in total. The highest BCUT2D eigenvalue weighted by atomic mass is 79.9. The summed E-state index contributed by atoms with van der Waals surface area (Å²) in [5.41, 5.74) is 1.11. The van der Waals surface area contributed by atoms with Crippen molar-refractivity contribution >= 4 is 15.9 Å². The average molecular weight is 301 g/mol. The first kappa shape index (κ1) is 13.0. The summed E-state index contributed by atoms with van der Waals surface area (Å²) in [6, 6.07) is 7.98. The lowest BCUT2D eigenvalue weighted by atomic mass is 9.88. The quantitative estimate of drug-likeness (QED) is 0.908. The molecule has 0 amide bonds. The van der Waals surface area contributed by atoms with Crippen LogP contribution < -0.4 is 0 Å². The molecule has 0 aromatic heterocycles. The standard InChI is InChI=1S/C13H17BrO3/c1-2-16-13-11(15)7-12(13)17-8-9-5-3-4-6-10(9)14/h3-6,11-13,15H,2,7-8H2,1H3. The van der Waals surface area contributed by atoms with Crippen LogP contribution in [-0.2, 0) is 16.1 Å². The molecule has 1 saturated carbocycles. The van der Waals surface area contributed by atoms with Crippen LogP contribution in [-0.4, -0.2) is 30.0 Å². The summed E-state index contributed by atoms with van der Waals surface area (Å²) in [4.78, 5) is 0. The summed E-state index contributed by atoms with van der Waals surface area (Å²) in [6.45, 7) is 3.08. The maximum atomic E-state index is 9.55. The van der Waals surface area contributed by atoms with E-state index in [0.717, 1.165) is 10.0 Å². The van der Waals surface area contributed by atoms with E-state index < -0.39 is 0 Å². The molecule has 3 nitrogen and oxygen atoms in total. The van der Waals surface area contributed by atoms with Crippen molar-refractivity contribution in [3.8, 4) is 0 Å². The van der Waals surface area contributed by atoms with Gasteiger partial charge in [-0.2, -0.15) is 0 Å². The molecule has 1 aromatic carbocycles. The molecule has 1 aliphatic carbocycles. The SMILES string of the molecule is CCOC1C(O)CC1OCc1ccccc1Br. The Kier molecular flexibility index (Phi) is 4.56. The molecule has 0 saturated heterocycles. The van der Waals surface area contributed by atoms with E-state index in [1.807, 2.05) is 31.2 Å². The lowest BCUT2D eigenvalue weighted by Crippen LogP contribution is -2.53. The number of benzene rings is 1. The van der Waals surface area contributed by atoms with Crippen LogP contribution >= 0.6 is 15.9 Å². The first-order chi connectivity index (χ1) is 8.22. The minimum atomic E-state index is -0.376. The summed E-state index contributed by atoms with van der Waals surface area (Å²) >= 11 is 3.48. The van der Waals surface area contributed by atoms with Crippen molar-refractivity contribution in [2.45, 2.75) is 38.3 Å². The van der Waals surface area contributed by atoms with Gasteiger partial charge in [-0.3, -0.25) is 0 Å². The fourth-order valence-electron chi connectivity index (χ4n) is 1.94. The van der Waals surface area contributed by atoms with Gasteiger partial charge in [0.2, 0.25) is 0 Å². The van der Waals surface area contributed by atoms with Crippen LogP contribution in [0.3, 0.4) is 0 Å². The number of hydrogen-bond acceptors (Lipinski definition) is 3. The first-order valence-corrected chi connectivity index (χ1v) is 6.66. The van der Waals surface area contributed by atoms with Gasteiger partial charge >= 0.3 is 0 Å². The zero-order valence-corrected chi connectivity index (χ0v) is 11.4. The number of rotatable bonds is 5. The summed E-state index contributed by atoms with van der Waals surface area (Å²) < 4.78 is 12.2. The Balaban J connectivity index is 1.85. The van der Waals surface area contributed by atoms with Gasteiger partial charge in [0, 0.05) is 17.5 Å². The zero-order valence-electron chi connectivity index (χ0n) is 9.80. The van der Waals surface area contributed by atoms with Crippen LogP contribution in [0, 0.1) is 0 Å². The monoisotopic (exact) mass is 300 g/mol. The molecular formula is C13H17BrO3. The number of aliphatic hydroxyl groups excluding tert-OH is 1. The van der Waals surface area contributed by atoms with E-state index in [4.69, 9.17) is 9.47 Å². The van der Waals surface area contributed by atoms with E-state index >= 15 is 0 Å². The van der Waals surface area contributed by atoms with Gasteiger partial charge in [0.25, 0.3) is 0 Å². The van der Waals surface area contributed by atoms with E-state index in [1.54, 1.807) is 0 Å². The second-order valence-electron chi connectivity index (χ2n) is 4.16. The Bertz CT molecular complexity index is 369. The smallest absolute Gasteiger partial charge is 0.110 e. The van der Waals surface area contributed by atoms with Crippen LogP contribution in [0.1, 0.15) is 18.9 Å². The molecule has 4 heteroatoms. The van der Waals surface area contributed by atoms with Crippen LogP contribution in [0.4, 0.5) is 0 Å². The molecule has 1 aliphatic rings. The third-order valence-corrected chi connectivity index (χ3v) is 3.76. The third-order valence-electron chi connectivity index (χ3n) is 2.99. The minimum Gasteiger partial charge on any atom is -0.390 e. The molecule has 3 atom stereocenters. The van der Waals surface area contributed by atoms with Gasteiger partial charge in [0.1, 0.15) is 6.10 Å². The first-order valence-electron chi connectivity index (χ1n) is 5.87. The summed E-state index contributed by atoms with van der Waals surface area (Å²) in [5, 5.41) is 9.55. The Hall–Kier alpha value is -0.420. The zero-order chi connectivity index (χ0) is 12.3. The fraction of sp³-hybridized carbons (Fsp3) is 0.538. The molecule has 17 heavy (non-hydrogen) atoms. The molecule has 94 valence electrons. The van der Waals surface area contributed by atoms with Gasteiger partial charge in [-0.05, 0) is 18.6 Å². The third kappa shape index (κ3) is 3.07. The van der Waals surface area contributed by atoms with Gasteiger partial charge < -0.3 is 14.6 Å². The van der Waals surface area contributed by atoms with Crippen LogP contribution in [0.2, 0.25) is 0 Å². The lowest BCUT2D eigenvalue weighted by Gasteiger charge is -2.40. The highest BCUT2D eigenvalue weighted by molar-refractivity contribution is 9.10.